The number of hydrogen-bond donors (Lipinski definition) is 3. The first kappa shape index (κ1) is 12.3. The summed E-state index contributed by atoms with van der Waals surface area (Å²) in [7, 11) is 0. The maximum Gasteiger partial charge on any atom is 0.183 e. The Morgan fingerprint density at radius 2 is 2.00 bits per heavy atom. The highest BCUT2D eigenvalue weighted by molar-refractivity contribution is 5.80. The lowest BCUT2D eigenvalue weighted by Gasteiger charge is -2.35. The number of nitrogens with zero attached hydrogens (tertiary/aromatic N) is 3. The zero-order valence-corrected chi connectivity index (χ0v) is 11.0. The van der Waals surface area contributed by atoms with E-state index in [0.717, 1.165) is 17.8 Å². The highest BCUT2D eigenvalue weighted by Gasteiger charge is 2.32. The number of aromatic amines is 1. The van der Waals surface area contributed by atoms with Gasteiger partial charge in [0.2, 0.25) is 0 Å². The Hall–Kier alpha value is -1.69. The Balaban J connectivity index is 1.89. The Morgan fingerprint density at radius 3 is 2.68 bits per heavy atom. The van der Waals surface area contributed by atoms with Crippen molar-refractivity contribution in [1.82, 2.24) is 19.9 Å². The summed E-state index contributed by atoms with van der Waals surface area (Å²) in [5.74, 6) is 1.38. The van der Waals surface area contributed by atoms with Crippen LogP contribution in [0.1, 0.15) is 37.9 Å². The SMILES string of the molecule is NCC1(Cc2nc3ncnc(N)c3[nH]2)CCCCC1. The number of anilines is 1. The highest BCUT2D eigenvalue weighted by atomic mass is 15.0. The number of hydrogen-bond acceptors (Lipinski definition) is 5. The first-order chi connectivity index (χ1) is 9.22. The van der Waals surface area contributed by atoms with Gasteiger partial charge in [0, 0.05) is 6.42 Å². The summed E-state index contributed by atoms with van der Waals surface area (Å²) in [5.41, 5.74) is 13.4. The topological polar surface area (TPSA) is 106 Å². The van der Waals surface area contributed by atoms with Crippen LogP contribution in [-0.2, 0) is 6.42 Å². The summed E-state index contributed by atoms with van der Waals surface area (Å²) >= 11 is 0. The molecule has 0 atom stereocenters. The largest absolute Gasteiger partial charge is 0.382 e. The van der Waals surface area contributed by atoms with E-state index in [-0.39, 0.29) is 5.41 Å². The van der Waals surface area contributed by atoms with E-state index in [9.17, 15) is 0 Å². The van der Waals surface area contributed by atoms with Gasteiger partial charge in [-0.05, 0) is 24.8 Å². The molecule has 1 aliphatic rings. The van der Waals surface area contributed by atoms with Gasteiger partial charge in [-0.25, -0.2) is 15.0 Å². The molecule has 0 aromatic carbocycles. The Bertz CT molecular complexity index is 570. The molecule has 5 N–H and O–H groups in total. The molecule has 6 nitrogen and oxygen atoms in total. The molecule has 3 rings (SSSR count). The lowest BCUT2D eigenvalue weighted by molar-refractivity contribution is 0.194. The number of nitrogens with one attached hydrogen (secondary N) is 1. The average Bonchev–Trinajstić information content (AvgIpc) is 2.83. The number of nitrogen functional groups attached to an aromatic ring is 1. The van der Waals surface area contributed by atoms with Crippen LogP contribution < -0.4 is 11.5 Å². The van der Waals surface area contributed by atoms with Crippen LogP contribution in [0.25, 0.3) is 11.2 Å². The van der Waals surface area contributed by atoms with E-state index >= 15 is 0 Å². The second kappa shape index (κ2) is 4.77. The van der Waals surface area contributed by atoms with Crippen molar-refractivity contribution in [3.8, 4) is 0 Å². The van der Waals surface area contributed by atoms with Gasteiger partial charge in [0.05, 0.1) is 0 Å². The van der Waals surface area contributed by atoms with E-state index in [2.05, 4.69) is 19.9 Å². The maximum absolute atomic E-state index is 6.02. The summed E-state index contributed by atoms with van der Waals surface area (Å²) < 4.78 is 0. The molecule has 19 heavy (non-hydrogen) atoms. The summed E-state index contributed by atoms with van der Waals surface area (Å²) in [6.45, 7) is 0.713. The molecule has 102 valence electrons. The van der Waals surface area contributed by atoms with Crippen LogP contribution in [0.2, 0.25) is 0 Å². The number of nitrogens with two attached hydrogens (primary N) is 2. The number of imidazole rings is 1. The Morgan fingerprint density at radius 1 is 1.21 bits per heavy atom. The van der Waals surface area contributed by atoms with Crippen molar-refractivity contribution in [1.29, 1.82) is 0 Å². The van der Waals surface area contributed by atoms with Crippen LogP contribution in [0.4, 0.5) is 5.82 Å². The fourth-order valence-electron chi connectivity index (χ4n) is 3.09. The lowest BCUT2D eigenvalue weighted by atomic mass is 9.72. The smallest absolute Gasteiger partial charge is 0.183 e. The average molecular weight is 260 g/mol. The summed E-state index contributed by atoms with van der Waals surface area (Å²) in [4.78, 5) is 15.9. The van der Waals surface area contributed by atoms with E-state index in [0.29, 0.717) is 18.0 Å². The molecule has 1 fully saturated rings. The van der Waals surface area contributed by atoms with Gasteiger partial charge in [-0.2, -0.15) is 0 Å². The minimum absolute atomic E-state index is 0.189. The van der Waals surface area contributed by atoms with Gasteiger partial charge in [-0.1, -0.05) is 19.3 Å². The molecule has 0 unspecified atom stereocenters. The number of H-pyrrole nitrogens is 1. The van der Waals surface area contributed by atoms with Crippen LogP contribution in [0.5, 0.6) is 0 Å². The van der Waals surface area contributed by atoms with E-state index in [4.69, 9.17) is 11.5 Å². The second-order valence-electron chi connectivity index (χ2n) is 5.58. The monoisotopic (exact) mass is 260 g/mol. The third-order valence-electron chi connectivity index (χ3n) is 4.26. The maximum atomic E-state index is 6.02. The van der Waals surface area contributed by atoms with Gasteiger partial charge in [-0.3, -0.25) is 0 Å². The predicted molar refractivity (Wildman–Crippen MR) is 74.4 cm³/mol. The standard InChI is InChI=1S/C13H20N6/c14-7-13(4-2-1-3-5-13)6-9-18-10-11(15)16-8-17-12(10)19-9/h8H,1-7,14H2,(H3,15,16,17,18,19). The van der Waals surface area contributed by atoms with Crippen LogP contribution in [0, 0.1) is 5.41 Å². The summed E-state index contributed by atoms with van der Waals surface area (Å²) in [6, 6.07) is 0. The Labute approximate surface area is 112 Å². The van der Waals surface area contributed by atoms with Gasteiger partial charge in [0.15, 0.2) is 11.5 Å². The molecule has 6 heteroatoms. The van der Waals surface area contributed by atoms with Gasteiger partial charge >= 0.3 is 0 Å². The van der Waals surface area contributed by atoms with Gasteiger partial charge in [0.1, 0.15) is 17.7 Å². The lowest BCUT2D eigenvalue weighted by Crippen LogP contribution is -2.35. The molecule has 0 radical (unpaired) electrons. The third-order valence-corrected chi connectivity index (χ3v) is 4.26. The first-order valence-corrected chi connectivity index (χ1v) is 6.88. The van der Waals surface area contributed by atoms with Crippen LogP contribution >= 0.6 is 0 Å². The second-order valence-corrected chi connectivity index (χ2v) is 5.58. The van der Waals surface area contributed by atoms with Crippen LogP contribution in [-0.4, -0.2) is 26.5 Å². The summed E-state index contributed by atoms with van der Waals surface area (Å²) in [6.07, 6.45) is 8.53. The minimum Gasteiger partial charge on any atom is -0.382 e. The molecule has 0 saturated heterocycles. The zero-order chi connectivity index (χ0) is 13.3. The van der Waals surface area contributed by atoms with Gasteiger partial charge in [0.25, 0.3) is 0 Å². The number of aromatic nitrogens is 4. The van der Waals surface area contributed by atoms with Crippen molar-refractivity contribution in [2.45, 2.75) is 38.5 Å². The van der Waals surface area contributed by atoms with Gasteiger partial charge < -0.3 is 16.5 Å². The molecular weight excluding hydrogens is 240 g/mol. The predicted octanol–water partition coefficient (Wildman–Crippen LogP) is 1.39. The molecular formula is C13H20N6. The van der Waals surface area contributed by atoms with E-state index in [1.165, 1.54) is 38.4 Å². The highest BCUT2D eigenvalue weighted by Crippen LogP contribution is 2.38. The molecule has 2 aromatic heterocycles. The summed E-state index contributed by atoms with van der Waals surface area (Å²) in [5, 5.41) is 0. The van der Waals surface area contributed by atoms with Crippen molar-refractivity contribution < 1.29 is 0 Å². The van der Waals surface area contributed by atoms with Crippen molar-refractivity contribution in [3.63, 3.8) is 0 Å². The normalized spacial score (nSPS) is 18.8. The fraction of sp³-hybridized carbons (Fsp3) is 0.615. The molecule has 1 aliphatic carbocycles. The molecule has 1 saturated carbocycles. The molecule has 2 heterocycles. The molecule has 0 aliphatic heterocycles. The molecule has 0 bridgehead atoms. The van der Waals surface area contributed by atoms with Crippen molar-refractivity contribution in [3.05, 3.63) is 12.2 Å². The zero-order valence-electron chi connectivity index (χ0n) is 11.0. The molecule has 0 amide bonds. The number of rotatable bonds is 3. The van der Waals surface area contributed by atoms with Crippen LogP contribution in [0.15, 0.2) is 6.33 Å². The van der Waals surface area contributed by atoms with E-state index < -0.39 is 0 Å². The first-order valence-electron chi connectivity index (χ1n) is 6.88. The molecule has 2 aromatic rings. The molecule has 0 spiro atoms. The van der Waals surface area contributed by atoms with Crippen LogP contribution in [0.3, 0.4) is 0 Å². The van der Waals surface area contributed by atoms with Gasteiger partial charge in [-0.15, -0.1) is 0 Å². The van der Waals surface area contributed by atoms with E-state index in [1.54, 1.807) is 0 Å². The van der Waals surface area contributed by atoms with Crippen molar-refractivity contribution in [2.24, 2.45) is 11.1 Å². The number of fused-ring (bicyclic) bond motifs is 1. The Kier molecular flexibility index (Phi) is 3.10. The minimum atomic E-state index is 0.189. The van der Waals surface area contributed by atoms with E-state index in [1.807, 2.05) is 0 Å². The van der Waals surface area contributed by atoms with Crippen molar-refractivity contribution in [2.75, 3.05) is 12.3 Å². The van der Waals surface area contributed by atoms with Crippen molar-refractivity contribution >= 4 is 17.0 Å². The fourth-order valence-corrected chi connectivity index (χ4v) is 3.09. The third kappa shape index (κ3) is 2.28. The quantitative estimate of drug-likeness (QED) is 0.773.